The number of benzene rings is 1. The Labute approximate surface area is 147 Å². The van der Waals surface area contributed by atoms with Gasteiger partial charge in [0.15, 0.2) is 0 Å². The maximum absolute atomic E-state index is 12.8. The zero-order valence-electron chi connectivity index (χ0n) is 14.3. The SMILES string of the molecule is CC(C)c1ccc(S(=O)(=O)c2cnc(N3CCOCC3)nc2N)cc1. The quantitative estimate of drug-likeness (QED) is 0.886. The molecule has 2 N–H and O–H groups in total. The Balaban J connectivity index is 1.91. The van der Waals surface area contributed by atoms with E-state index in [4.69, 9.17) is 10.5 Å². The maximum atomic E-state index is 12.8. The monoisotopic (exact) mass is 362 g/mol. The number of morpholine rings is 1. The zero-order chi connectivity index (χ0) is 18.0. The smallest absolute Gasteiger partial charge is 0.227 e. The summed E-state index contributed by atoms with van der Waals surface area (Å²) in [6, 6.07) is 6.83. The van der Waals surface area contributed by atoms with Crippen molar-refractivity contribution in [2.24, 2.45) is 0 Å². The number of rotatable bonds is 4. The molecule has 8 heteroatoms. The molecule has 3 rings (SSSR count). The van der Waals surface area contributed by atoms with Crippen LogP contribution in [-0.4, -0.2) is 44.7 Å². The van der Waals surface area contributed by atoms with Gasteiger partial charge in [-0.3, -0.25) is 0 Å². The van der Waals surface area contributed by atoms with E-state index in [1.54, 1.807) is 12.1 Å². The van der Waals surface area contributed by atoms with Crippen molar-refractivity contribution in [3.8, 4) is 0 Å². The van der Waals surface area contributed by atoms with Crippen LogP contribution < -0.4 is 10.6 Å². The number of aromatic nitrogens is 2. The molecule has 0 aliphatic carbocycles. The summed E-state index contributed by atoms with van der Waals surface area (Å²) in [6.45, 7) is 6.60. The lowest BCUT2D eigenvalue weighted by molar-refractivity contribution is 0.122. The first kappa shape index (κ1) is 17.6. The van der Waals surface area contributed by atoms with E-state index in [1.165, 1.54) is 6.20 Å². The Bertz CT molecular complexity index is 845. The minimum absolute atomic E-state index is 0.0376. The molecule has 25 heavy (non-hydrogen) atoms. The summed E-state index contributed by atoms with van der Waals surface area (Å²) in [5.41, 5.74) is 7.02. The molecule has 1 aliphatic rings. The molecule has 7 nitrogen and oxygen atoms in total. The normalized spacial score (nSPS) is 15.6. The van der Waals surface area contributed by atoms with Crippen LogP contribution in [0.3, 0.4) is 0 Å². The van der Waals surface area contributed by atoms with Gasteiger partial charge in [0, 0.05) is 13.1 Å². The van der Waals surface area contributed by atoms with Crippen LogP contribution in [0.25, 0.3) is 0 Å². The van der Waals surface area contributed by atoms with Gasteiger partial charge < -0.3 is 15.4 Å². The molecule has 1 aliphatic heterocycles. The minimum Gasteiger partial charge on any atom is -0.382 e. The molecule has 0 spiro atoms. The van der Waals surface area contributed by atoms with E-state index in [0.29, 0.717) is 38.2 Å². The molecule has 0 radical (unpaired) electrons. The van der Waals surface area contributed by atoms with E-state index in [9.17, 15) is 8.42 Å². The Morgan fingerprint density at radius 2 is 1.80 bits per heavy atom. The van der Waals surface area contributed by atoms with Crippen LogP contribution in [0.15, 0.2) is 40.3 Å². The molecule has 1 aromatic heterocycles. The molecule has 0 bridgehead atoms. The molecule has 1 aromatic carbocycles. The van der Waals surface area contributed by atoms with Crippen molar-refractivity contribution in [3.63, 3.8) is 0 Å². The fourth-order valence-corrected chi connectivity index (χ4v) is 3.92. The summed E-state index contributed by atoms with van der Waals surface area (Å²) < 4.78 is 30.9. The number of nitrogen functional groups attached to an aromatic ring is 1. The maximum Gasteiger partial charge on any atom is 0.227 e. The average molecular weight is 362 g/mol. The van der Waals surface area contributed by atoms with Gasteiger partial charge in [-0.1, -0.05) is 26.0 Å². The van der Waals surface area contributed by atoms with E-state index >= 15 is 0 Å². The van der Waals surface area contributed by atoms with Gasteiger partial charge >= 0.3 is 0 Å². The van der Waals surface area contributed by atoms with E-state index in [-0.39, 0.29) is 15.6 Å². The van der Waals surface area contributed by atoms with Crippen LogP contribution in [0.4, 0.5) is 11.8 Å². The lowest BCUT2D eigenvalue weighted by atomic mass is 10.0. The standard InChI is InChI=1S/C17H22N4O3S/c1-12(2)13-3-5-14(6-4-13)25(22,23)15-11-19-17(20-16(15)18)21-7-9-24-10-8-21/h3-6,11-12H,7-10H2,1-2H3,(H2,18,19,20). The Morgan fingerprint density at radius 3 is 2.36 bits per heavy atom. The molecule has 0 saturated carbocycles. The van der Waals surface area contributed by atoms with Crippen molar-refractivity contribution in [2.75, 3.05) is 36.9 Å². The number of nitrogens with two attached hydrogens (primary N) is 1. The average Bonchev–Trinajstić information content (AvgIpc) is 2.62. The van der Waals surface area contributed by atoms with Crippen LogP contribution in [0.1, 0.15) is 25.3 Å². The lowest BCUT2D eigenvalue weighted by Gasteiger charge is -2.26. The molecule has 1 saturated heterocycles. The molecule has 2 aromatic rings. The number of hydrogen-bond donors (Lipinski definition) is 1. The molecular weight excluding hydrogens is 340 g/mol. The molecule has 1 fully saturated rings. The van der Waals surface area contributed by atoms with E-state index in [0.717, 1.165) is 5.56 Å². The lowest BCUT2D eigenvalue weighted by Crippen LogP contribution is -2.37. The summed E-state index contributed by atoms with van der Waals surface area (Å²) in [7, 11) is -3.75. The highest BCUT2D eigenvalue weighted by Gasteiger charge is 2.24. The van der Waals surface area contributed by atoms with Gasteiger partial charge in [0.05, 0.1) is 24.3 Å². The molecule has 134 valence electrons. The van der Waals surface area contributed by atoms with Gasteiger partial charge in [0.2, 0.25) is 15.8 Å². The summed E-state index contributed by atoms with van der Waals surface area (Å²) in [5.74, 6) is 0.720. The highest BCUT2D eigenvalue weighted by Crippen LogP contribution is 2.27. The second-order valence-electron chi connectivity index (χ2n) is 6.25. The third kappa shape index (κ3) is 3.59. The first-order valence-corrected chi connectivity index (χ1v) is 9.68. The molecule has 0 unspecified atom stereocenters. The fourth-order valence-electron chi connectivity index (χ4n) is 2.66. The third-order valence-electron chi connectivity index (χ3n) is 4.21. The van der Waals surface area contributed by atoms with Crippen molar-refractivity contribution in [3.05, 3.63) is 36.0 Å². The Morgan fingerprint density at radius 1 is 1.16 bits per heavy atom. The van der Waals surface area contributed by atoms with Gasteiger partial charge in [-0.2, -0.15) is 4.98 Å². The van der Waals surface area contributed by atoms with E-state index in [2.05, 4.69) is 23.8 Å². The minimum atomic E-state index is -3.75. The van der Waals surface area contributed by atoms with Gasteiger partial charge in [-0.15, -0.1) is 0 Å². The van der Waals surface area contributed by atoms with Crippen molar-refractivity contribution in [1.29, 1.82) is 0 Å². The van der Waals surface area contributed by atoms with Crippen molar-refractivity contribution in [2.45, 2.75) is 29.6 Å². The molecule has 0 atom stereocenters. The Hall–Kier alpha value is -2.19. The van der Waals surface area contributed by atoms with Crippen LogP contribution >= 0.6 is 0 Å². The number of anilines is 2. The van der Waals surface area contributed by atoms with Gasteiger partial charge in [-0.25, -0.2) is 13.4 Å². The third-order valence-corrected chi connectivity index (χ3v) is 6.00. The Kier molecular flexibility index (Phi) is 4.91. The molecule has 0 amide bonds. The van der Waals surface area contributed by atoms with Gasteiger partial charge in [-0.05, 0) is 23.6 Å². The zero-order valence-corrected chi connectivity index (χ0v) is 15.2. The fraction of sp³-hybridized carbons (Fsp3) is 0.412. The van der Waals surface area contributed by atoms with Crippen molar-refractivity contribution in [1.82, 2.24) is 9.97 Å². The summed E-state index contributed by atoms with van der Waals surface area (Å²) >= 11 is 0. The van der Waals surface area contributed by atoms with Crippen molar-refractivity contribution >= 4 is 21.6 Å². The predicted molar refractivity (Wildman–Crippen MR) is 95.5 cm³/mol. The first-order chi connectivity index (χ1) is 11.9. The predicted octanol–water partition coefficient (Wildman–Crippen LogP) is 1.85. The van der Waals surface area contributed by atoms with E-state index in [1.807, 2.05) is 17.0 Å². The highest BCUT2D eigenvalue weighted by atomic mass is 32.2. The number of ether oxygens (including phenoxy) is 1. The topological polar surface area (TPSA) is 98.4 Å². The van der Waals surface area contributed by atoms with E-state index < -0.39 is 9.84 Å². The first-order valence-electron chi connectivity index (χ1n) is 8.20. The second-order valence-corrected chi connectivity index (χ2v) is 8.16. The summed E-state index contributed by atoms with van der Waals surface area (Å²) in [4.78, 5) is 10.4. The van der Waals surface area contributed by atoms with Gasteiger partial charge in [0.25, 0.3) is 0 Å². The number of nitrogens with zero attached hydrogens (tertiary/aromatic N) is 3. The van der Waals surface area contributed by atoms with Crippen molar-refractivity contribution < 1.29 is 13.2 Å². The summed E-state index contributed by atoms with van der Waals surface area (Å²) in [5, 5.41) is 0. The van der Waals surface area contributed by atoms with Crippen LogP contribution in [0.5, 0.6) is 0 Å². The summed E-state index contributed by atoms with van der Waals surface area (Å²) in [6.07, 6.45) is 1.29. The number of hydrogen-bond acceptors (Lipinski definition) is 7. The highest BCUT2D eigenvalue weighted by molar-refractivity contribution is 7.91. The second kappa shape index (κ2) is 6.97. The van der Waals surface area contributed by atoms with Gasteiger partial charge in [0.1, 0.15) is 10.7 Å². The molecule has 2 heterocycles. The largest absolute Gasteiger partial charge is 0.382 e. The van der Waals surface area contributed by atoms with Crippen LogP contribution in [0, 0.1) is 0 Å². The molecular formula is C17H22N4O3S. The van der Waals surface area contributed by atoms with Crippen LogP contribution in [-0.2, 0) is 14.6 Å². The van der Waals surface area contributed by atoms with Crippen LogP contribution in [0.2, 0.25) is 0 Å². The number of sulfone groups is 1.